The molecule has 0 radical (unpaired) electrons. The van der Waals surface area contributed by atoms with Crippen molar-refractivity contribution in [3.8, 4) is 0 Å². The molecule has 0 aromatic carbocycles. The van der Waals surface area contributed by atoms with Gasteiger partial charge < -0.3 is 0 Å². The Morgan fingerprint density at radius 2 is 1.62 bits per heavy atom. The first-order valence-corrected chi connectivity index (χ1v) is 7.68. The zero-order valence-corrected chi connectivity index (χ0v) is 12.0. The molecule has 0 aromatic heterocycles. The molecule has 4 aliphatic carbocycles. The van der Waals surface area contributed by atoms with Crippen molar-refractivity contribution in [3.05, 3.63) is 106 Å². The van der Waals surface area contributed by atoms with Gasteiger partial charge in [0.15, 0.2) is 0 Å². The fourth-order valence-electron chi connectivity index (χ4n) is 3.45. The van der Waals surface area contributed by atoms with E-state index >= 15 is 0 Å². The van der Waals surface area contributed by atoms with Crippen LogP contribution < -0.4 is 0 Å². The second-order valence-electron chi connectivity index (χ2n) is 5.66. The van der Waals surface area contributed by atoms with Crippen molar-refractivity contribution in [2.24, 2.45) is 0 Å². The molecule has 0 fully saturated rings. The molecule has 21 heavy (non-hydrogen) atoms. The molecule has 0 spiro atoms. The molecule has 0 N–H and O–H groups in total. The van der Waals surface area contributed by atoms with E-state index < -0.39 is 0 Å². The fraction of sp³-hybridized carbons (Fsp3) is 0.143. The minimum atomic E-state index is 1.02. The highest BCUT2D eigenvalue weighted by Crippen LogP contribution is 2.46. The lowest BCUT2D eigenvalue weighted by Gasteiger charge is -2.16. The minimum absolute atomic E-state index is 1.02. The topological polar surface area (TPSA) is 0 Å². The van der Waals surface area contributed by atoms with Crippen LogP contribution >= 0.6 is 0 Å². The SMILES string of the molecule is C1=CC=C2CCC=CC=C3C4=C(C=CC=CC4)C(=C23)C=C1. The normalized spacial score (nSPS) is 22.9. The summed E-state index contributed by atoms with van der Waals surface area (Å²) in [5.41, 5.74) is 8.58. The Balaban J connectivity index is 1.99. The summed E-state index contributed by atoms with van der Waals surface area (Å²) >= 11 is 0. The van der Waals surface area contributed by atoms with Gasteiger partial charge in [0.2, 0.25) is 0 Å². The smallest absolute Gasteiger partial charge is 0.00700 e. The van der Waals surface area contributed by atoms with Gasteiger partial charge >= 0.3 is 0 Å². The highest BCUT2D eigenvalue weighted by Gasteiger charge is 2.28. The predicted molar refractivity (Wildman–Crippen MR) is 89.8 cm³/mol. The van der Waals surface area contributed by atoms with Crippen LogP contribution in [0.4, 0.5) is 0 Å². The maximum Gasteiger partial charge on any atom is -0.00700 e. The second-order valence-corrected chi connectivity index (χ2v) is 5.66. The van der Waals surface area contributed by atoms with Crippen LogP contribution in [0.3, 0.4) is 0 Å². The van der Waals surface area contributed by atoms with Crippen LogP contribution in [0, 0.1) is 0 Å². The molecular formula is C21H18. The Bertz CT molecular complexity index is 750. The van der Waals surface area contributed by atoms with Gasteiger partial charge in [-0.05, 0) is 52.7 Å². The van der Waals surface area contributed by atoms with Gasteiger partial charge in [-0.3, -0.25) is 0 Å². The summed E-state index contributed by atoms with van der Waals surface area (Å²) in [5, 5.41) is 0. The molecule has 0 saturated heterocycles. The molecule has 0 heteroatoms. The first-order chi connectivity index (χ1) is 10.4. The zero-order valence-electron chi connectivity index (χ0n) is 12.0. The van der Waals surface area contributed by atoms with Gasteiger partial charge in [-0.25, -0.2) is 0 Å². The van der Waals surface area contributed by atoms with E-state index in [2.05, 4.69) is 72.9 Å². The first kappa shape index (κ1) is 12.4. The molecule has 4 rings (SSSR count). The van der Waals surface area contributed by atoms with E-state index in [1.807, 2.05) is 0 Å². The summed E-state index contributed by atoms with van der Waals surface area (Å²) in [6, 6.07) is 0. The van der Waals surface area contributed by atoms with Crippen LogP contribution in [0.25, 0.3) is 0 Å². The van der Waals surface area contributed by atoms with Crippen molar-refractivity contribution < 1.29 is 0 Å². The van der Waals surface area contributed by atoms with Gasteiger partial charge in [-0.1, -0.05) is 72.9 Å². The fourth-order valence-corrected chi connectivity index (χ4v) is 3.45. The summed E-state index contributed by atoms with van der Waals surface area (Å²) in [4.78, 5) is 0. The Morgan fingerprint density at radius 1 is 0.714 bits per heavy atom. The van der Waals surface area contributed by atoms with E-state index in [1.54, 1.807) is 0 Å². The van der Waals surface area contributed by atoms with Crippen LogP contribution in [0.15, 0.2) is 106 Å². The third kappa shape index (κ3) is 2.08. The van der Waals surface area contributed by atoms with Gasteiger partial charge in [-0.15, -0.1) is 0 Å². The molecule has 0 amide bonds. The minimum Gasteiger partial charge on any atom is -0.0842 e. The lowest BCUT2D eigenvalue weighted by Crippen LogP contribution is -1.98. The molecule has 102 valence electrons. The molecule has 0 heterocycles. The number of hydrogen-bond acceptors (Lipinski definition) is 0. The van der Waals surface area contributed by atoms with Gasteiger partial charge in [-0.2, -0.15) is 0 Å². The van der Waals surface area contributed by atoms with Gasteiger partial charge in [0.05, 0.1) is 0 Å². The number of allylic oxidation sites excluding steroid dienone is 18. The van der Waals surface area contributed by atoms with E-state index in [0.29, 0.717) is 0 Å². The molecule has 4 aliphatic rings. The van der Waals surface area contributed by atoms with Gasteiger partial charge in [0.25, 0.3) is 0 Å². The van der Waals surface area contributed by atoms with E-state index in [9.17, 15) is 0 Å². The van der Waals surface area contributed by atoms with Gasteiger partial charge in [0.1, 0.15) is 0 Å². The standard InChI is InChI=1S/C21H18/c1-4-10-16-11-5-2-9-15-20-18-13-7-3-6-12-17(18)19(14-8-1)21(16)20/h1-4,6-10,12,14-15H,5,11,13H2. The highest BCUT2D eigenvalue weighted by atomic mass is 14.3. The Labute approximate surface area is 126 Å². The van der Waals surface area contributed by atoms with E-state index in [4.69, 9.17) is 0 Å². The molecule has 0 saturated carbocycles. The Hall–Kier alpha value is -2.34. The van der Waals surface area contributed by atoms with Crippen LogP contribution in [-0.2, 0) is 0 Å². The first-order valence-electron chi connectivity index (χ1n) is 7.68. The van der Waals surface area contributed by atoms with Crippen LogP contribution in [0.5, 0.6) is 0 Å². The summed E-state index contributed by atoms with van der Waals surface area (Å²) in [5.74, 6) is 0. The number of hydrogen-bond donors (Lipinski definition) is 0. The van der Waals surface area contributed by atoms with E-state index in [1.165, 1.54) is 33.4 Å². The third-order valence-corrected chi connectivity index (χ3v) is 4.39. The van der Waals surface area contributed by atoms with Crippen LogP contribution in [0.2, 0.25) is 0 Å². The van der Waals surface area contributed by atoms with Crippen molar-refractivity contribution in [1.82, 2.24) is 0 Å². The molecule has 0 atom stereocenters. The number of rotatable bonds is 0. The Morgan fingerprint density at radius 3 is 2.62 bits per heavy atom. The highest BCUT2D eigenvalue weighted by molar-refractivity contribution is 5.76. The maximum absolute atomic E-state index is 2.30. The largest absolute Gasteiger partial charge is 0.0842 e. The average molecular weight is 270 g/mol. The quantitative estimate of drug-likeness (QED) is 0.550. The molecule has 0 nitrogen and oxygen atoms in total. The lowest BCUT2D eigenvalue weighted by molar-refractivity contribution is 0.981. The van der Waals surface area contributed by atoms with Crippen molar-refractivity contribution in [2.75, 3.05) is 0 Å². The zero-order chi connectivity index (χ0) is 14.1. The third-order valence-electron chi connectivity index (χ3n) is 4.39. The van der Waals surface area contributed by atoms with Crippen molar-refractivity contribution in [3.63, 3.8) is 0 Å². The second kappa shape index (κ2) is 5.21. The molecular weight excluding hydrogens is 252 g/mol. The average Bonchev–Trinajstić information content (AvgIpc) is 2.63. The summed E-state index contributed by atoms with van der Waals surface area (Å²) in [6.45, 7) is 0. The maximum atomic E-state index is 2.30. The van der Waals surface area contributed by atoms with E-state index in [0.717, 1.165) is 19.3 Å². The van der Waals surface area contributed by atoms with Crippen LogP contribution in [-0.4, -0.2) is 0 Å². The van der Waals surface area contributed by atoms with Gasteiger partial charge in [0, 0.05) is 0 Å². The molecule has 0 aromatic rings. The molecule has 0 aliphatic heterocycles. The van der Waals surface area contributed by atoms with Crippen molar-refractivity contribution in [1.29, 1.82) is 0 Å². The molecule has 0 bridgehead atoms. The Kier molecular flexibility index (Phi) is 3.08. The molecule has 0 unspecified atom stereocenters. The summed E-state index contributed by atoms with van der Waals surface area (Å²) in [6.07, 6.45) is 29.9. The predicted octanol–water partition coefficient (Wildman–Crippen LogP) is 5.44. The van der Waals surface area contributed by atoms with Crippen molar-refractivity contribution >= 4 is 0 Å². The van der Waals surface area contributed by atoms with Crippen molar-refractivity contribution in [2.45, 2.75) is 19.3 Å². The van der Waals surface area contributed by atoms with Crippen LogP contribution in [0.1, 0.15) is 19.3 Å². The monoisotopic (exact) mass is 270 g/mol. The lowest BCUT2D eigenvalue weighted by atomic mass is 9.88. The number of fused-ring (bicyclic) bond motifs is 2. The summed E-state index contributed by atoms with van der Waals surface area (Å²) in [7, 11) is 0. The summed E-state index contributed by atoms with van der Waals surface area (Å²) < 4.78 is 0. The van der Waals surface area contributed by atoms with E-state index in [-0.39, 0.29) is 0 Å².